The highest BCUT2D eigenvalue weighted by atomic mass is 15.2. The maximum atomic E-state index is 4.84. The van der Waals surface area contributed by atoms with Crippen LogP contribution in [0.15, 0.2) is 12.1 Å². The quantitative estimate of drug-likeness (QED) is 0.871. The lowest BCUT2D eigenvalue weighted by Gasteiger charge is -2.36. The molecular formula is C17H30N4. The van der Waals surface area contributed by atoms with Gasteiger partial charge in [-0.2, -0.15) is 0 Å². The van der Waals surface area contributed by atoms with E-state index in [9.17, 15) is 0 Å². The van der Waals surface area contributed by atoms with E-state index in [1.54, 1.807) is 0 Å². The molecule has 21 heavy (non-hydrogen) atoms. The Labute approximate surface area is 129 Å². The predicted octanol–water partition coefficient (Wildman–Crippen LogP) is 2.28. The first-order valence-electron chi connectivity index (χ1n) is 8.26. The molecule has 0 spiro atoms. The molecule has 4 nitrogen and oxygen atoms in total. The van der Waals surface area contributed by atoms with Crippen molar-refractivity contribution in [3.8, 4) is 0 Å². The topological polar surface area (TPSA) is 31.4 Å². The molecular weight excluding hydrogens is 260 g/mol. The van der Waals surface area contributed by atoms with Crippen molar-refractivity contribution in [2.24, 2.45) is 0 Å². The molecule has 1 saturated heterocycles. The summed E-state index contributed by atoms with van der Waals surface area (Å²) in [5, 5.41) is 3.42. The minimum absolute atomic E-state index is 0.719. The second-order valence-corrected chi connectivity index (χ2v) is 6.14. The summed E-state index contributed by atoms with van der Waals surface area (Å²) in [6, 6.07) is 5.22. The third kappa shape index (κ3) is 4.42. The lowest BCUT2D eigenvalue weighted by atomic mass is 10.0. The van der Waals surface area contributed by atoms with Crippen molar-refractivity contribution in [3.05, 3.63) is 23.4 Å². The van der Waals surface area contributed by atoms with Gasteiger partial charge < -0.3 is 15.1 Å². The van der Waals surface area contributed by atoms with E-state index in [1.807, 2.05) is 0 Å². The molecule has 0 radical (unpaired) electrons. The Morgan fingerprint density at radius 3 is 2.52 bits per heavy atom. The van der Waals surface area contributed by atoms with Gasteiger partial charge in [0.2, 0.25) is 0 Å². The van der Waals surface area contributed by atoms with Crippen LogP contribution in [0.2, 0.25) is 0 Å². The van der Waals surface area contributed by atoms with E-state index >= 15 is 0 Å². The van der Waals surface area contributed by atoms with Crippen molar-refractivity contribution < 1.29 is 0 Å². The van der Waals surface area contributed by atoms with Gasteiger partial charge in [-0.25, -0.2) is 4.98 Å². The Morgan fingerprint density at radius 1 is 1.24 bits per heavy atom. The molecule has 1 aromatic heterocycles. The summed E-state index contributed by atoms with van der Waals surface area (Å²) in [6.45, 7) is 8.50. The third-order valence-corrected chi connectivity index (χ3v) is 4.38. The fourth-order valence-electron chi connectivity index (χ4n) is 2.96. The van der Waals surface area contributed by atoms with Crippen LogP contribution >= 0.6 is 0 Å². The van der Waals surface area contributed by atoms with E-state index < -0.39 is 0 Å². The smallest absolute Gasteiger partial charge is 0.129 e. The van der Waals surface area contributed by atoms with Gasteiger partial charge in [0.25, 0.3) is 0 Å². The molecule has 0 atom stereocenters. The number of aryl methyl sites for hydroxylation is 1. The minimum Gasteiger partial charge on any atom is -0.356 e. The molecule has 0 aromatic carbocycles. The molecule has 0 saturated carbocycles. The average molecular weight is 290 g/mol. The standard InChI is InChI=1S/C17H30N4/c1-5-15-11-14(13-18-6-2)12-17(19-15)21-9-7-16(8-10-21)20(3)4/h11-12,16,18H,5-10,13H2,1-4H3. The van der Waals surface area contributed by atoms with Crippen molar-refractivity contribution in [1.29, 1.82) is 0 Å². The largest absolute Gasteiger partial charge is 0.356 e. The van der Waals surface area contributed by atoms with Gasteiger partial charge in [0.05, 0.1) is 0 Å². The van der Waals surface area contributed by atoms with Crippen molar-refractivity contribution in [1.82, 2.24) is 15.2 Å². The number of rotatable bonds is 6. The molecule has 2 heterocycles. The molecule has 1 fully saturated rings. The van der Waals surface area contributed by atoms with Crippen LogP contribution in [-0.4, -0.2) is 49.7 Å². The molecule has 0 unspecified atom stereocenters. The zero-order valence-electron chi connectivity index (χ0n) is 14.0. The predicted molar refractivity (Wildman–Crippen MR) is 89.9 cm³/mol. The summed E-state index contributed by atoms with van der Waals surface area (Å²) < 4.78 is 0. The molecule has 4 heteroatoms. The molecule has 1 aliphatic heterocycles. The molecule has 0 bridgehead atoms. The summed E-state index contributed by atoms with van der Waals surface area (Å²) in [7, 11) is 4.37. The number of nitrogens with one attached hydrogen (secondary N) is 1. The molecule has 1 aromatic rings. The van der Waals surface area contributed by atoms with Crippen LogP contribution in [0.4, 0.5) is 5.82 Å². The van der Waals surface area contributed by atoms with Crippen LogP contribution < -0.4 is 10.2 Å². The Balaban J connectivity index is 2.08. The van der Waals surface area contributed by atoms with Crippen LogP contribution in [0.5, 0.6) is 0 Å². The number of hydrogen-bond acceptors (Lipinski definition) is 4. The summed E-state index contributed by atoms with van der Waals surface area (Å²) in [5.41, 5.74) is 2.56. The van der Waals surface area contributed by atoms with Crippen molar-refractivity contribution >= 4 is 5.82 Å². The highest BCUT2D eigenvalue weighted by Gasteiger charge is 2.21. The van der Waals surface area contributed by atoms with E-state index in [1.165, 1.54) is 29.9 Å². The molecule has 0 aliphatic carbocycles. The average Bonchev–Trinajstić information content (AvgIpc) is 2.52. The Kier molecular flexibility index (Phi) is 6.00. The molecule has 118 valence electrons. The van der Waals surface area contributed by atoms with Gasteiger partial charge >= 0.3 is 0 Å². The number of anilines is 1. The fraction of sp³-hybridized carbons (Fsp3) is 0.706. The van der Waals surface area contributed by atoms with Gasteiger partial charge in [0.1, 0.15) is 5.82 Å². The van der Waals surface area contributed by atoms with Crippen LogP contribution in [0.1, 0.15) is 37.9 Å². The Morgan fingerprint density at radius 2 is 1.95 bits per heavy atom. The molecule has 1 N–H and O–H groups in total. The zero-order chi connectivity index (χ0) is 15.2. The highest BCUT2D eigenvalue weighted by Crippen LogP contribution is 2.22. The summed E-state index contributed by atoms with van der Waals surface area (Å²) >= 11 is 0. The summed E-state index contributed by atoms with van der Waals surface area (Å²) in [5.74, 6) is 1.17. The van der Waals surface area contributed by atoms with E-state index in [-0.39, 0.29) is 0 Å². The lowest BCUT2D eigenvalue weighted by Crippen LogP contribution is -2.42. The zero-order valence-corrected chi connectivity index (χ0v) is 14.0. The van der Waals surface area contributed by atoms with Crippen LogP contribution in [0.3, 0.4) is 0 Å². The lowest BCUT2D eigenvalue weighted by molar-refractivity contribution is 0.249. The SMILES string of the molecule is CCNCc1cc(CC)nc(N2CCC(N(C)C)CC2)c1. The van der Waals surface area contributed by atoms with Gasteiger partial charge in [-0.3, -0.25) is 0 Å². The van der Waals surface area contributed by atoms with Crippen molar-refractivity contribution in [2.75, 3.05) is 38.6 Å². The molecule has 0 amide bonds. The third-order valence-electron chi connectivity index (χ3n) is 4.38. The maximum Gasteiger partial charge on any atom is 0.129 e. The molecule has 1 aliphatic rings. The van der Waals surface area contributed by atoms with Gasteiger partial charge in [0, 0.05) is 31.4 Å². The molecule has 2 rings (SSSR count). The number of aromatic nitrogens is 1. The normalized spacial score (nSPS) is 16.7. The monoisotopic (exact) mass is 290 g/mol. The number of piperidine rings is 1. The van der Waals surface area contributed by atoms with Gasteiger partial charge in [-0.05, 0) is 57.6 Å². The van der Waals surface area contributed by atoms with Crippen LogP contribution in [0, 0.1) is 0 Å². The van der Waals surface area contributed by atoms with Gasteiger partial charge in [-0.1, -0.05) is 13.8 Å². The first-order chi connectivity index (χ1) is 10.1. The number of pyridine rings is 1. The van der Waals surface area contributed by atoms with Crippen molar-refractivity contribution in [3.63, 3.8) is 0 Å². The minimum atomic E-state index is 0.719. The van der Waals surface area contributed by atoms with Crippen LogP contribution in [-0.2, 0) is 13.0 Å². The fourth-order valence-corrected chi connectivity index (χ4v) is 2.96. The summed E-state index contributed by atoms with van der Waals surface area (Å²) in [4.78, 5) is 9.64. The van der Waals surface area contributed by atoms with E-state index in [2.05, 4.69) is 55.2 Å². The van der Waals surface area contributed by atoms with E-state index in [0.717, 1.165) is 38.6 Å². The summed E-state index contributed by atoms with van der Waals surface area (Å²) in [6.07, 6.45) is 3.46. The second-order valence-electron chi connectivity index (χ2n) is 6.14. The maximum absolute atomic E-state index is 4.84. The first-order valence-corrected chi connectivity index (χ1v) is 8.26. The van der Waals surface area contributed by atoms with Gasteiger partial charge in [-0.15, -0.1) is 0 Å². The number of nitrogens with zero attached hydrogens (tertiary/aromatic N) is 3. The number of hydrogen-bond donors (Lipinski definition) is 1. The Bertz CT molecular complexity index is 436. The first kappa shape index (κ1) is 16.2. The second kappa shape index (κ2) is 7.76. The van der Waals surface area contributed by atoms with Crippen LogP contribution in [0.25, 0.3) is 0 Å². The van der Waals surface area contributed by atoms with E-state index in [4.69, 9.17) is 4.98 Å². The Hall–Kier alpha value is -1.13. The highest BCUT2D eigenvalue weighted by molar-refractivity contribution is 5.43. The van der Waals surface area contributed by atoms with Gasteiger partial charge in [0.15, 0.2) is 0 Å². The van der Waals surface area contributed by atoms with Crippen molar-refractivity contribution in [2.45, 2.75) is 45.7 Å². The van der Waals surface area contributed by atoms with E-state index in [0.29, 0.717) is 0 Å².